The van der Waals surface area contributed by atoms with E-state index in [1.807, 2.05) is 92.7 Å². The number of amides is 3. The first kappa shape index (κ1) is 32.5. The van der Waals surface area contributed by atoms with Crippen molar-refractivity contribution in [1.82, 2.24) is 14.7 Å². The highest BCUT2D eigenvalue weighted by Crippen LogP contribution is 2.59. The molecule has 0 bridgehead atoms. The van der Waals surface area contributed by atoms with E-state index in [9.17, 15) is 14.7 Å². The Balaban J connectivity index is 1.29. The zero-order valence-corrected chi connectivity index (χ0v) is 27.6. The van der Waals surface area contributed by atoms with Crippen LogP contribution in [0.15, 0.2) is 78.9 Å². The van der Waals surface area contributed by atoms with E-state index >= 15 is 4.79 Å². The molecule has 11 nitrogen and oxygen atoms in total. The molecule has 3 fully saturated rings. The first-order chi connectivity index (χ1) is 23.3. The lowest BCUT2D eigenvalue weighted by molar-refractivity contribution is -0.154. The van der Waals surface area contributed by atoms with Crippen molar-refractivity contribution in [2.24, 2.45) is 11.8 Å². The third kappa shape index (κ3) is 5.42. The van der Waals surface area contributed by atoms with Gasteiger partial charge in [-0.25, -0.2) is 0 Å². The quantitative estimate of drug-likeness (QED) is 0.410. The molecule has 0 aliphatic carbocycles. The third-order valence-corrected chi connectivity index (χ3v) is 10.5. The average Bonchev–Trinajstić information content (AvgIpc) is 3.37. The number of fused-ring (bicyclic) bond motifs is 2. The van der Waals surface area contributed by atoms with Gasteiger partial charge in [0.1, 0.15) is 17.4 Å². The van der Waals surface area contributed by atoms with Gasteiger partial charge < -0.3 is 34.0 Å². The number of morpholine rings is 1. The molecule has 5 heterocycles. The van der Waals surface area contributed by atoms with Crippen molar-refractivity contribution in [2.75, 3.05) is 70.6 Å². The van der Waals surface area contributed by atoms with Gasteiger partial charge in [-0.1, -0.05) is 54.6 Å². The van der Waals surface area contributed by atoms with Crippen LogP contribution in [0, 0.1) is 11.8 Å². The number of rotatable bonds is 9. The second-order valence-corrected chi connectivity index (χ2v) is 13.3. The molecular formula is C37H44N4O7. The highest BCUT2D eigenvalue weighted by Gasteiger charge is 2.75. The van der Waals surface area contributed by atoms with Gasteiger partial charge in [0.25, 0.3) is 0 Å². The molecule has 7 rings (SSSR count). The Morgan fingerprint density at radius 2 is 1.62 bits per heavy atom. The average molecular weight is 657 g/mol. The number of ether oxygens (including phenoxy) is 3. The summed E-state index contributed by atoms with van der Waals surface area (Å²) in [7, 11) is 0. The van der Waals surface area contributed by atoms with E-state index in [0.717, 1.165) is 13.1 Å². The molecule has 3 saturated heterocycles. The van der Waals surface area contributed by atoms with E-state index in [2.05, 4.69) is 4.90 Å². The minimum absolute atomic E-state index is 0.252. The van der Waals surface area contributed by atoms with Crippen LogP contribution < -0.4 is 9.64 Å². The SMILES string of the molecule is CCOc1ccc(N2CC=C[C@]3(C)O[C@]45C=CCN(CCN6CCOCC6)C(=O)C4N([C@H](CO)c4ccccc4)C(=O)[C@@H]5[C@@H]3C2=O)cc1. The molecule has 0 aromatic heterocycles. The van der Waals surface area contributed by atoms with Crippen LogP contribution in [-0.2, 0) is 23.9 Å². The minimum atomic E-state index is -1.43. The van der Waals surface area contributed by atoms with E-state index in [0.29, 0.717) is 63.0 Å². The number of likely N-dealkylation sites (tertiary alicyclic amines) is 1. The van der Waals surface area contributed by atoms with Gasteiger partial charge in [0.05, 0.1) is 49.9 Å². The van der Waals surface area contributed by atoms with Crippen LogP contribution in [-0.4, -0.2) is 120 Å². The second-order valence-electron chi connectivity index (χ2n) is 13.3. The monoisotopic (exact) mass is 656 g/mol. The van der Waals surface area contributed by atoms with Crippen LogP contribution in [0.1, 0.15) is 25.5 Å². The fourth-order valence-corrected chi connectivity index (χ4v) is 8.28. The predicted octanol–water partition coefficient (Wildman–Crippen LogP) is 2.42. The normalized spacial score (nSPS) is 30.9. The molecule has 5 aliphatic rings. The van der Waals surface area contributed by atoms with Crippen LogP contribution in [0.4, 0.5) is 5.69 Å². The molecule has 6 atom stereocenters. The summed E-state index contributed by atoms with van der Waals surface area (Å²) in [5, 5.41) is 10.8. The Kier molecular flexibility index (Phi) is 8.88. The zero-order valence-electron chi connectivity index (χ0n) is 27.6. The lowest BCUT2D eigenvalue weighted by Gasteiger charge is -2.40. The Labute approximate surface area is 281 Å². The molecule has 1 spiro atoms. The number of hydrogen-bond donors (Lipinski definition) is 1. The van der Waals surface area contributed by atoms with Gasteiger partial charge in [0.15, 0.2) is 0 Å². The van der Waals surface area contributed by atoms with Gasteiger partial charge >= 0.3 is 0 Å². The first-order valence-corrected chi connectivity index (χ1v) is 17.0. The number of aliphatic hydroxyl groups excluding tert-OH is 1. The molecule has 1 unspecified atom stereocenters. The summed E-state index contributed by atoms with van der Waals surface area (Å²) in [6.45, 7) is 8.56. The maximum absolute atomic E-state index is 15.0. The minimum Gasteiger partial charge on any atom is -0.494 e. The zero-order chi connectivity index (χ0) is 33.5. The maximum atomic E-state index is 15.0. The molecule has 2 aromatic rings. The summed E-state index contributed by atoms with van der Waals surface area (Å²) in [5.41, 5.74) is -1.20. The molecular weight excluding hydrogens is 612 g/mol. The number of carbonyl (C=O) groups is 3. The number of benzene rings is 2. The van der Waals surface area contributed by atoms with E-state index in [4.69, 9.17) is 14.2 Å². The molecule has 5 aliphatic heterocycles. The van der Waals surface area contributed by atoms with Gasteiger partial charge in [0.2, 0.25) is 17.7 Å². The fraction of sp³-hybridized carbons (Fsp3) is 0.486. The highest BCUT2D eigenvalue weighted by atomic mass is 16.5. The van der Waals surface area contributed by atoms with Gasteiger partial charge in [-0.3, -0.25) is 19.3 Å². The topological polar surface area (TPSA) is 112 Å². The van der Waals surface area contributed by atoms with Crippen molar-refractivity contribution in [2.45, 2.75) is 37.1 Å². The standard InChI is InChI=1S/C37H44N4O7/c1-3-47-28-13-11-27(12-14-28)40-18-7-15-36(2)30(33(40)43)31-34(44)41(29(25-42)26-9-5-4-6-10-26)32-35(45)39(17-8-16-37(31,32)48-36)20-19-38-21-23-46-24-22-38/h4-16,29-32,42H,3,17-25H2,1-2H3/t29-,30-,31+,32?,36+,37+/m1/s1. The van der Waals surface area contributed by atoms with E-state index < -0.39 is 41.7 Å². The van der Waals surface area contributed by atoms with Crippen molar-refractivity contribution >= 4 is 23.4 Å². The molecule has 2 aromatic carbocycles. The molecule has 0 radical (unpaired) electrons. The van der Waals surface area contributed by atoms with Crippen LogP contribution in [0.2, 0.25) is 0 Å². The maximum Gasteiger partial charge on any atom is 0.249 e. The third-order valence-electron chi connectivity index (χ3n) is 10.5. The summed E-state index contributed by atoms with van der Waals surface area (Å²) in [4.78, 5) is 51.8. The summed E-state index contributed by atoms with van der Waals surface area (Å²) >= 11 is 0. The second kappa shape index (κ2) is 13.1. The summed E-state index contributed by atoms with van der Waals surface area (Å²) in [5.74, 6) is -2.09. The molecule has 1 N–H and O–H groups in total. The van der Waals surface area contributed by atoms with Crippen molar-refractivity contribution < 1.29 is 33.7 Å². The molecule has 3 amide bonds. The van der Waals surface area contributed by atoms with Crippen LogP contribution in [0.5, 0.6) is 5.75 Å². The Bertz CT molecular complexity index is 1580. The number of carbonyl (C=O) groups excluding carboxylic acids is 3. The number of hydrogen-bond acceptors (Lipinski definition) is 8. The lowest BCUT2D eigenvalue weighted by atomic mass is 9.74. The number of nitrogens with zero attached hydrogens (tertiary/aromatic N) is 4. The van der Waals surface area contributed by atoms with Gasteiger partial charge in [-0.15, -0.1) is 0 Å². The molecule has 254 valence electrons. The number of aliphatic hydroxyl groups is 1. The smallest absolute Gasteiger partial charge is 0.249 e. The van der Waals surface area contributed by atoms with Crippen LogP contribution in [0.25, 0.3) is 0 Å². The number of anilines is 1. The van der Waals surface area contributed by atoms with Gasteiger partial charge in [0, 0.05) is 45.0 Å². The first-order valence-electron chi connectivity index (χ1n) is 17.0. The molecule has 0 saturated carbocycles. The van der Waals surface area contributed by atoms with Crippen molar-refractivity contribution in [3.05, 3.63) is 84.5 Å². The Morgan fingerprint density at radius 3 is 2.33 bits per heavy atom. The van der Waals surface area contributed by atoms with Crippen LogP contribution in [0.3, 0.4) is 0 Å². The molecule has 48 heavy (non-hydrogen) atoms. The highest BCUT2D eigenvalue weighted by molar-refractivity contribution is 6.04. The fourth-order valence-electron chi connectivity index (χ4n) is 8.28. The van der Waals surface area contributed by atoms with Gasteiger partial charge in [-0.2, -0.15) is 0 Å². The molecule has 11 heteroatoms. The van der Waals surface area contributed by atoms with Crippen molar-refractivity contribution in [3.63, 3.8) is 0 Å². The summed E-state index contributed by atoms with van der Waals surface area (Å²) in [6, 6.07) is 14.7. The van der Waals surface area contributed by atoms with Crippen molar-refractivity contribution in [3.8, 4) is 5.75 Å². The van der Waals surface area contributed by atoms with Gasteiger partial charge in [-0.05, 0) is 43.7 Å². The Hall–Kier alpha value is -4.03. The summed E-state index contributed by atoms with van der Waals surface area (Å²) < 4.78 is 18.1. The Morgan fingerprint density at radius 1 is 0.896 bits per heavy atom. The van der Waals surface area contributed by atoms with E-state index in [1.165, 1.54) is 4.90 Å². The summed E-state index contributed by atoms with van der Waals surface area (Å²) in [6.07, 6.45) is 7.55. The predicted molar refractivity (Wildman–Crippen MR) is 178 cm³/mol. The largest absolute Gasteiger partial charge is 0.494 e. The van der Waals surface area contributed by atoms with Crippen LogP contribution >= 0.6 is 0 Å². The van der Waals surface area contributed by atoms with Crippen molar-refractivity contribution in [1.29, 1.82) is 0 Å². The van der Waals surface area contributed by atoms with E-state index in [1.54, 1.807) is 9.80 Å². The lowest BCUT2D eigenvalue weighted by Crippen LogP contribution is -2.57. The van der Waals surface area contributed by atoms with E-state index in [-0.39, 0.29) is 17.7 Å².